The molecule has 9 heteroatoms. The Morgan fingerprint density at radius 2 is 2.08 bits per heavy atom. The Hall–Kier alpha value is -2.16. The van der Waals surface area contributed by atoms with Crippen LogP contribution in [0.25, 0.3) is 0 Å². The number of sulfone groups is 1. The first kappa shape index (κ1) is 18.6. The average molecular weight is 383 g/mol. The van der Waals surface area contributed by atoms with E-state index in [-0.39, 0.29) is 30.2 Å². The number of aryl methyl sites for hydroxylation is 1. The van der Waals surface area contributed by atoms with Gasteiger partial charge >= 0.3 is 6.03 Å². The molecular formula is C17H22FN3O4S. The number of amides is 3. The maximum Gasteiger partial charge on any atom is 0.315 e. The minimum Gasteiger partial charge on any atom is -0.332 e. The number of hydrogen-bond acceptors (Lipinski definition) is 4. The lowest BCUT2D eigenvalue weighted by molar-refractivity contribution is -0.116. The molecule has 2 fully saturated rings. The second-order valence-electron chi connectivity index (χ2n) is 6.87. The van der Waals surface area contributed by atoms with E-state index in [9.17, 15) is 22.4 Å². The minimum absolute atomic E-state index is 0.0413. The topological polar surface area (TPSA) is 104 Å². The number of urea groups is 1. The van der Waals surface area contributed by atoms with E-state index in [1.54, 1.807) is 13.0 Å². The largest absolute Gasteiger partial charge is 0.332 e. The van der Waals surface area contributed by atoms with Gasteiger partial charge in [-0.15, -0.1) is 0 Å². The smallest absolute Gasteiger partial charge is 0.315 e. The molecule has 3 rings (SSSR count). The zero-order valence-electron chi connectivity index (χ0n) is 14.4. The van der Waals surface area contributed by atoms with Gasteiger partial charge in [0.05, 0.1) is 23.1 Å². The van der Waals surface area contributed by atoms with Crippen LogP contribution < -0.4 is 16.0 Å². The third kappa shape index (κ3) is 3.98. The zero-order chi connectivity index (χ0) is 18.9. The molecule has 0 unspecified atom stereocenters. The standard InChI is InChI=1S/C17H22FN3O4S/c1-10-6-7-11(18)8-12(10)19-15(22)5-3-2-4-14-16-13(9-26(14,24)25)20-17(23)21-16/h6-8,13-14,16H,2-5,9H2,1H3,(H,19,22)(H2,20,21,23)/t13-,14+,16-/m0/s1. The van der Waals surface area contributed by atoms with E-state index in [4.69, 9.17) is 0 Å². The summed E-state index contributed by atoms with van der Waals surface area (Å²) in [7, 11) is -3.25. The molecule has 26 heavy (non-hydrogen) atoms. The zero-order valence-corrected chi connectivity index (χ0v) is 15.2. The molecule has 3 atom stereocenters. The van der Waals surface area contributed by atoms with Crippen molar-refractivity contribution in [3.8, 4) is 0 Å². The van der Waals surface area contributed by atoms with Crippen molar-refractivity contribution >= 4 is 27.5 Å². The number of unbranched alkanes of at least 4 members (excludes halogenated alkanes) is 1. The third-order valence-electron chi connectivity index (χ3n) is 4.94. The first-order valence-corrected chi connectivity index (χ1v) is 10.3. The molecule has 0 spiro atoms. The quantitative estimate of drug-likeness (QED) is 0.511. The van der Waals surface area contributed by atoms with Gasteiger partial charge in [-0.2, -0.15) is 0 Å². The van der Waals surface area contributed by atoms with Crippen LogP contribution in [0.1, 0.15) is 31.2 Å². The highest BCUT2D eigenvalue weighted by Gasteiger charge is 2.51. The van der Waals surface area contributed by atoms with E-state index in [0.717, 1.165) is 5.56 Å². The molecule has 1 aromatic carbocycles. The summed E-state index contributed by atoms with van der Waals surface area (Å²) >= 11 is 0. The van der Waals surface area contributed by atoms with Gasteiger partial charge in [-0.3, -0.25) is 4.79 Å². The van der Waals surface area contributed by atoms with Crippen molar-refractivity contribution in [3.05, 3.63) is 29.6 Å². The van der Waals surface area contributed by atoms with Crippen LogP contribution in [-0.2, 0) is 14.6 Å². The molecule has 7 nitrogen and oxygen atoms in total. The van der Waals surface area contributed by atoms with Crippen LogP contribution in [-0.4, -0.2) is 43.4 Å². The number of carbonyl (C=O) groups is 2. The molecule has 0 aromatic heterocycles. The molecule has 0 saturated carbocycles. The fraction of sp³-hybridized carbons (Fsp3) is 0.529. The Bertz CT molecular complexity index is 827. The fourth-order valence-corrected chi connectivity index (χ4v) is 5.85. The molecule has 2 aliphatic rings. The van der Waals surface area contributed by atoms with E-state index in [0.29, 0.717) is 24.9 Å². The number of anilines is 1. The number of carbonyl (C=O) groups excluding carboxylic acids is 2. The van der Waals surface area contributed by atoms with E-state index in [2.05, 4.69) is 16.0 Å². The van der Waals surface area contributed by atoms with Gasteiger partial charge in [-0.05, 0) is 37.5 Å². The first-order chi connectivity index (χ1) is 12.3. The maximum atomic E-state index is 13.2. The lowest BCUT2D eigenvalue weighted by Gasteiger charge is -2.16. The van der Waals surface area contributed by atoms with E-state index in [1.165, 1.54) is 12.1 Å². The molecule has 3 amide bonds. The third-order valence-corrected chi connectivity index (χ3v) is 7.21. The van der Waals surface area contributed by atoms with Crippen LogP contribution in [0.4, 0.5) is 14.9 Å². The normalized spacial score (nSPS) is 26.1. The van der Waals surface area contributed by atoms with Crippen molar-refractivity contribution in [1.82, 2.24) is 10.6 Å². The van der Waals surface area contributed by atoms with Crippen LogP contribution in [0.5, 0.6) is 0 Å². The van der Waals surface area contributed by atoms with Crippen LogP contribution >= 0.6 is 0 Å². The highest BCUT2D eigenvalue weighted by molar-refractivity contribution is 7.92. The molecule has 0 bridgehead atoms. The molecule has 2 saturated heterocycles. The Morgan fingerprint density at radius 3 is 2.85 bits per heavy atom. The summed E-state index contributed by atoms with van der Waals surface area (Å²) < 4.78 is 37.7. The predicted octanol–water partition coefficient (Wildman–Crippen LogP) is 1.48. The van der Waals surface area contributed by atoms with Gasteiger partial charge in [0.1, 0.15) is 5.82 Å². The summed E-state index contributed by atoms with van der Waals surface area (Å²) in [5.41, 5.74) is 1.21. The second kappa shape index (κ2) is 7.22. The summed E-state index contributed by atoms with van der Waals surface area (Å²) in [5.74, 6) is -0.693. The first-order valence-electron chi connectivity index (χ1n) is 8.61. The van der Waals surface area contributed by atoms with E-state index >= 15 is 0 Å². The molecule has 2 heterocycles. The highest BCUT2D eigenvalue weighted by Crippen LogP contribution is 2.28. The monoisotopic (exact) mass is 383 g/mol. The lowest BCUT2D eigenvalue weighted by Crippen LogP contribution is -2.39. The van der Waals surface area contributed by atoms with Crippen LogP contribution in [0.2, 0.25) is 0 Å². The van der Waals surface area contributed by atoms with Crippen LogP contribution in [0, 0.1) is 12.7 Å². The summed E-state index contributed by atoms with van der Waals surface area (Å²) in [6.07, 6.45) is 1.70. The van der Waals surface area contributed by atoms with Crippen molar-refractivity contribution in [3.63, 3.8) is 0 Å². The SMILES string of the molecule is Cc1ccc(F)cc1NC(=O)CCCC[C@@H]1[C@H]2NC(=O)N[C@H]2CS1(=O)=O. The molecule has 2 aliphatic heterocycles. The minimum atomic E-state index is -3.25. The number of halogens is 1. The van der Waals surface area contributed by atoms with Gasteiger partial charge in [0.15, 0.2) is 9.84 Å². The molecule has 1 aromatic rings. The Balaban J connectivity index is 1.47. The van der Waals surface area contributed by atoms with Crippen LogP contribution in [0.3, 0.4) is 0 Å². The number of rotatable bonds is 6. The van der Waals surface area contributed by atoms with Crippen molar-refractivity contribution in [2.45, 2.75) is 49.9 Å². The number of benzene rings is 1. The van der Waals surface area contributed by atoms with Crippen molar-refractivity contribution in [1.29, 1.82) is 0 Å². The highest BCUT2D eigenvalue weighted by atomic mass is 32.2. The van der Waals surface area contributed by atoms with Crippen molar-refractivity contribution in [2.24, 2.45) is 0 Å². The Kier molecular flexibility index (Phi) is 5.17. The van der Waals surface area contributed by atoms with Gasteiger partial charge in [-0.1, -0.05) is 12.5 Å². The summed E-state index contributed by atoms with van der Waals surface area (Å²) in [6, 6.07) is 3.11. The molecule has 3 N–H and O–H groups in total. The predicted molar refractivity (Wildman–Crippen MR) is 95.1 cm³/mol. The average Bonchev–Trinajstić information content (AvgIpc) is 2.99. The van der Waals surface area contributed by atoms with E-state index < -0.39 is 26.9 Å². The van der Waals surface area contributed by atoms with E-state index in [1.807, 2.05) is 0 Å². The van der Waals surface area contributed by atoms with Gasteiger partial charge < -0.3 is 16.0 Å². The van der Waals surface area contributed by atoms with Crippen LogP contribution in [0.15, 0.2) is 18.2 Å². The Morgan fingerprint density at radius 1 is 1.31 bits per heavy atom. The number of nitrogens with one attached hydrogen (secondary N) is 3. The van der Waals surface area contributed by atoms with Gasteiger partial charge in [-0.25, -0.2) is 17.6 Å². The maximum absolute atomic E-state index is 13.2. The number of fused-ring (bicyclic) bond motifs is 1. The fourth-order valence-electron chi connectivity index (χ4n) is 3.58. The summed E-state index contributed by atoms with van der Waals surface area (Å²) in [6.45, 7) is 1.78. The van der Waals surface area contributed by atoms with Gasteiger partial charge in [0.25, 0.3) is 0 Å². The summed E-state index contributed by atoms with van der Waals surface area (Å²) in [4.78, 5) is 23.4. The molecule has 142 valence electrons. The molecule has 0 radical (unpaired) electrons. The lowest BCUT2D eigenvalue weighted by atomic mass is 10.0. The van der Waals surface area contributed by atoms with Crippen molar-refractivity contribution < 1.29 is 22.4 Å². The van der Waals surface area contributed by atoms with Gasteiger partial charge in [0.2, 0.25) is 5.91 Å². The van der Waals surface area contributed by atoms with Crippen molar-refractivity contribution in [2.75, 3.05) is 11.1 Å². The number of hydrogen-bond donors (Lipinski definition) is 3. The van der Waals surface area contributed by atoms with Gasteiger partial charge in [0, 0.05) is 12.1 Å². The second-order valence-corrected chi connectivity index (χ2v) is 9.14. The summed E-state index contributed by atoms with van der Waals surface area (Å²) in [5, 5.41) is 7.36. The molecule has 0 aliphatic carbocycles. The Labute approximate surface area is 151 Å². The molecular weight excluding hydrogens is 361 g/mol.